The minimum absolute atomic E-state index is 0.165. The summed E-state index contributed by atoms with van der Waals surface area (Å²) in [6.45, 7) is 6.04. The first-order chi connectivity index (χ1) is 14.7. The smallest absolute Gasteiger partial charge is 0.261 e. The highest BCUT2D eigenvalue weighted by Crippen LogP contribution is 2.25. The van der Waals surface area contributed by atoms with Gasteiger partial charge in [0.05, 0.1) is 24.6 Å². The number of carbonyl (C=O) groups is 1. The number of carbonyl (C=O) groups excluding carboxylic acids is 1. The number of rotatable bonds is 4. The second kappa shape index (κ2) is 10.1. The van der Waals surface area contributed by atoms with Crippen LogP contribution in [0.3, 0.4) is 0 Å². The lowest BCUT2D eigenvalue weighted by Gasteiger charge is -2.12. The molecule has 0 aliphatic rings. The maximum Gasteiger partial charge on any atom is 0.261 e. The van der Waals surface area contributed by atoms with Gasteiger partial charge in [-0.3, -0.25) is 9.35 Å². The van der Waals surface area contributed by atoms with Crippen LogP contribution in [0.4, 0.5) is 11.6 Å². The SMILES string of the molecule is CC(C)(C)c1cc(NC(=O)Cc2ccc(-c3cnc(N)c(Cl)n3)cc2)no1.CS(=O)(=O)O. The predicted molar refractivity (Wildman–Crippen MR) is 122 cm³/mol. The van der Waals surface area contributed by atoms with Crippen molar-refractivity contribution in [3.05, 3.63) is 53.0 Å². The number of aromatic nitrogens is 3. The average Bonchev–Trinajstić information content (AvgIpc) is 3.12. The Morgan fingerprint density at radius 3 is 2.34 bits per heavy atom. The van der Waals surface area contributed by atoms with Crippen LogP contribution in [0.5, 0.6) is 0 Å². The molecule has 0 radical (unpaired) electrons. The normalized spacial score (nSPS) is 11.4. The van der Waals surface area contributed by atoms with Crippen molar-refractivity contribution in [3.8, 4) is 11.3 Å². The lowest BCUT2D eigenvalue weighted by molar-refractivity contribution is -0.115. The number of nitrogen functional groups attached to an aromatic ring is 1. The molecular weight excluding hydrogens is 458 g/mol. The molecule has 32 heavy (non-hydrogen) atoms. The molecule has 3 rings (SSSR count). The minimum atomic E-state index is -3.67. The van der Waals surface area contributed by atoms with Crippen LogP contribution in [0.2, 0.25) is 5.15 Å². The van der Waals surface area contributed by atoms with Gasteiger partial charge in [-0.2, -0.15) is 8.42 Å². The summed E-state index contributed by atoms with van der Waals surface area (Å²) >= 11 is 5.91. The van der Waals surface area contributed by atoms with Crippen molar-refractivity contribution < 1.29 is 22.3 Å². The number of hydrogen-bond donors (Lipinski definition) is 3. The number of nitrogens with two attached hydrogens (primary N) is 1. The number of hydrogen-bond acceptors (Lipinski definition) is 8. The summed E-state index contributed by atoms with van der Waals surface area (Å²) in [7, 11) is -3.67. The van der Waals surface area contributed by atoms with Gasteiger partial charge in [0, 0.05) is 17.0 Å². The number of amides is 1. The summed E-state index contributed by atoms with van der Waals surface area (Å²) in [6, 6.07) is 9.15. The molecule has 2 aromatic heterocycles. The lowest BCUT2D eigenvalue weighted by Crippen LogP contribution is -2.14. The Kier molecular flexibility index (Phi) is 7.94. The van der Waals surface area contributed by atoms with E-state index in [0.717, 1.165) is 11.1 Å². The molecule has 0 aliphatic heterocycles. The second-order valence-corrected chi connectivity index (χ2v) is 9.74. The van der Waals surface area contributed by atoms with Crippen LogP contribution in [-0.2, 0) is 26.7 Å². The zero-order valence-corrected chi connectivity index (χ0v) is 19.5. The number of nitrogens with zero attached hydrogens (tertiary/aromatic N) is 3. The summed E-state index contributed by atoms with van der Waals surface area (Å²) in [5.41, 5.74) is 7.70. The van der Waals surface area contributed by atoms with Crippen molar-refractivity contribution in [2.45, 2.75) is 32.6 Å². The summed E-state index contributed by atoms with van der Waals surface area (Å²) in [5, 5.41) is 6.80. The standard InChI is InChI=1S/C19H20ClN5O2.CH4O3S/c1-19(2,3)14-9-15(25-27-14)24-16(26)8-11-4-6-12(7-5-11)13-10-22-18(21)17(20)23-13;1-5(2,3)4/h4-7,9-10H,8H2,1-3H3,(H2,21,22)(H,24,25,26);1H3,(H,2,3,4). The minimum Gasteiger partial charge on any atom is -0.381 e. The highest BCUT2D eigenvalue weighted by atomic mass is 35.5. The third-order valence-corrected chi connectivity index (χ3v) is 4.17. The van der Waals surface area contributed by atoms with Crippen molar-refractivity contribution in [1.29, 1.82) is 0 Å². The van der Waals surface area contributed by atoms with Gasteiger partial charge >= 0.3 is 0 Å². The fourth-order valence-corrected chi connectivity index (χ4v) is 2.51. The van der Waals surface area contributed by atoms with E-state index in [1.807, 2.05) is 45.0 Å². The number of halogens is 1. The van der Waals surface area contributed by atoms with Crippen LogP contribution in [0.15, 0.2) is 41.1 Å². The Labute approximate surface area is 190 Å². The van der Waals surface area contributed by atoms with Crippen molar-refractivity contribution in [2.75, 3.05) is 17.3 Å². The molecule has 0 aliphatic carbocycles. The molecule has 0 atom stereocenters. The van der Waals surface area contributed by atoms with Gasteiger partial charge in [0.25, 0.3) is 10.1 Å². The fraction of sp³-hybridized carbons (Fsp3) is 0.300. The predicted octanol–water partition coefficient (Wildman–Crippen LogP) is 3.35. The van der Waals surface area contributed by atoms with Gasteiger partial charge in [-0.25, -0.2) is 9.97 Å². The Balaban J connectivity index is 0.000000654. The van der Waals surface area contributed by atoms with E-state index in [0.29, 0.717) is 23.5 Å². The molecule has 172 valence electrons. The van der Waals surface area contributed by atoms with E-state index >= 15 is 0 Å². The lowest BCUT2D eigenvalue weighted by atomic mass is 9.93. The molecule has 0 fully saturated rings. The Bertz CT molecular complexity index is 1180. The van der Waals surface area contributed by atoms with Gasteiger partial charge in [0.2, 0.25) is 5.91 Å². The van der Waals surface area contributed by atoms with Crippen molar-refractivity contribution in [1.82, 2.24) is 15.1 Å². The van der Waals surface area contributed by atoms with Crippen LogP contribution in [0.25, 0.3) is 11.3 Å². The van der Waals surface area contributed by atoms with Crippen LogP contribution < -0.4 is 11.1 Å². The van der Waals surface area contributed by atoms with Crippen LogP contribution in [0, 0.1) is 0 Å². The third kappa shape index (κ3) is 8.25. The average molecular weight is 482 g/mol. The Hall–Kier alpha value is -3.02. The molecule has 0 unspecified atom stereocenters. The molecule has 1 amide bonds. The van der Waals surface area contributed by atoms with E-state index in [9.17, 15) is 13.2 Å². The first-order valence-electron chi connectivity index (χ1n) is 9.29. The fourth-order valence-electron chi connectivity index (χ4n) is 2.37. The molecule has 3 aromatic rings. The zero-order chi connectivity index (χ0) is 24.1. The quantitative estimate of drug-likeness (QED) is 0.474. The molecule has 10 nitrogen and oxygen atoms in total. The molecular formula is C20H24ClN5O5S. The number of anilines is 2. The molecule has 0 bridgehead atoms. The first kappa shape index (κ1) is 25.2. The van der Waals surface area contributed by atoms with Crippen molar-refractivity contribution in [3.63, 3.8) is 0 Å². The Morgan fingerprint density at radius 1 is 1.25 bits per heavy atom. The summed E-state index contributed by atoms with van der Waals surface area (Å²) in [4.78, 5) is 20.4. The van der Waals surface area contributed by atoms with E-state index in [4.69, 9.17) is 26.4 Å². The van der Waals surface area contributed by atoms with E-state index in [-0.39, 0.29) is 28.7 Å². The maximum atomic E-state index is 12.2. The van der Waals surface area contributed by atoms with Gasteiger partial charge < -0.3 is 15.6 Å². The van der Waals surface area contributed by atoms with E-state index in [2.05, 4.69) is 20.4 Å². The van der Waals surface area contributed by atoms with Crippen LogP contribution in [0.1, 0.15) is 32.1 Å². The highest BCUT2D eigenvalue weighted by molar-refractivity contribution is 7.85. The molecule has 0 saturated carbocycles. The second-order valence-electron chi connectivity index (χ2n) is 7.91. The Morgan fingerprint density at radius 2 is 1.84 bits per heavy atom. The van der Waals surface area contributed by atoms with Gasteiger partial charge in [0.1, 0.15) is 5.76 Å². The summed E-state index contributed by atoms with van der Waals surface area (Å²) < 4.78 is 31.1. The summed E-state index contributed by atoms with van der Waals surface area (Å²) in [5.74, 6) is 1.14. The van der Waals surface area contributed by atoms with Crippen molar-refractivity contribution >= 4 is 39.3 Å². The monoisotopic (exact) mass is 481 g/mol. The van der Waals surface area contributed by atoms with Crippen LogP contribution in [-0.4, -0.2) is 40.3 Å². The molecule has 1 aromatic carbocycles. The molecule has 0 saturated heterocycles. The zero-order valence-electron chi connectivity index (χ0n) is 18.0. The molecule has 0 spiro atoms. The number of benzene rings is 1. The van der Waals surface area contributed by atoms with Gasteiger partial charge in [-0.15, -0.1) is 0 Å². The topological polar surface area (TPSA) is 161 Å². The summed E-state index contributed by atoms with van der Waals surface area (Å²) in [6.07, 6.45) is 2.49. The van der Waals surface area contributed by atoms with E-state index in [1.165, 1.54) is 0 Å². The van der Waals surface area contributed by atoms with Crippen molar-refractivity contribution in [2.24, 2.45) is 0 Å². The maximum absolute atomic E-state index is 12.2. The largest absolute Gasteiger partial charge is 0.381 e. The number of nitrogens with one attached hydrogen (secondary N) is 1. The van der Waals surface area contributed by atoms with Gasteiger partial charge in [-0.1, -0.05) is 61.8 Å². The molecule has 4 N–H and O–H groups in total. The van der Waals surface area contributed by atoms with Crippen LogP contribution >= 0.6 is 11.6 Å². The van der Waals surface area contributed by atoms with E-state index < -0.39 is 10.1 Å². The van der Waals surface area contributed by atoms with Gasteiger partial charge in [0.15, 0.2) is 16.8 Å². The van der Waals surface area contributed by atoms with Gasteiger partial charge in [-0.05, 0) is 5.56 Å². The highest BCUT2D eigenvalue weighted by Gasteiger charge is 2.20. The molecule has 2 heterocycles. The molecule has 12 heteroatoms. The first-order valence-corrected chi connectivity index (χ1v) is 11.5. The van der Waals surface area contributed by atoms with E-state index in [1.54, 1.807) is 12.3 Å². The third-order valence-electron chi connectivity index (χ3n) is 3.89.